The molecule has 1 heterocycles. The van der Waals surface area contributed by atoms with Crippen LogP contribution in [-0.4, -0.2) is 20.9 Å². The number of rotatable bonds is 3. The molecule has 13 heavy (non-hydrogen) atoms. The van der Waals surface area contributed by atoms with E-state index >= 15 is 0 Å². The zero-order valence-electron chi connectivity index (χ0n) is 7.53. The first-order valence-corrected chi connectivity index (χ1v) is 4.34. The highest BCUT2D eigenvalue weighted by atomic mass is 16.4. The lowest BCUT2D eigenvalue weighted by Gasteiger charge is -2.08. The summed E-state index contributed by atoms with van der Waals surface area (Å²) in [6, 6.07) is 1.88. The molecule has 0 amide bonds. The van der Waals surface area contributed by atoms with Gasteiger partial charge >= 0.3 is 5.97 Å². The monoisotopic (exact) mass is 180 g/mol. The van der Waals surface area contributed by atoms with Crippen molar-refractivity contribution >= 4 is 5.97 Å². The molecule has 1 saturated carbocycles. The number of aliphatic carboxylic acids is 1. The first kappa shape index (κ1) is 8.29. The molecule has 0 aromatic carbocycles. The van der Waals surface area contributed by atoms with Gasteiger partial charge in [0.25, 0.3) is 0 Å². The van der Waals surface area contributed by atoms with Crippen molar-refractivity contribution in [3.05, 3.63) is 18.0 Å². The van der Waals surface area contributed by atoms with Crippen LogP contribution in [0.4, 0.5) is 0 Å². The Balaban J connectivity index is 2.15. The predicted molar refractivity (Wildman–Crippen MR) is 46.2 cm³/mol. The molecule has 1 aliphatic rings. The molecule has 4 heteroatoms. The van der Waals surface area contributed by atoms with Crippen molar-refractivity contribution in [1.29, 1.82) is 0 Å². The van der Waals surface area contributed by atoms with Gasteiger partial charge in [-0.2, -0.15) is 5.10 Å². The standard InChI is InChI=1S/C9H12N2O2/c1-11-7(2-5-10-11)6-9(3-4-9)8(12)13/h2,5H,3-4,6H2,1H3,(H,12,13). The summed E-state index contributed by atoms with van der Waals surface area (Å²) < 4.78 is 1.74. The molecule has 0 radical (unpaired) electrons. The van der Waals surface area contributed by atoms with Crippen molar-refractivity contribution in [2.24, 2.45) is 12.5 Å². The lowest BCUT2D eigenvalue weighted by molar-refractivity contribution is -0.143. The third-order valence-electron chi connectivity index (χ3n) is 2.75. The Hall–Kier alpha value is -1.32. The van der Waals surface area contributed by atoms with Gasteiger partial charge in [-0.3, -0.25) is 9.48 Å². The third-order valence-corrected chi connectivity index (χ3v) is 2.75. The van der Waals surface area contributed by atoms with E-state index in [0.717, 1.165) is 18.5 Å². The molecule has 1 fully saturated rings. The number of carbonyl (C=O) groups is 1. The Morgan fingerprint density at radius 3 is 2.85 bits per heavy atom. The van der Waals surface area contributed by atoms with Gasteiger partial charge in [-0.05, 0) is 18.9 Å². The maximum Gasteiger partial charge on any atom is 0.310 e. The number of aromatic nitrogens is 2. The third kappa shape index (κ3) is 1.32. The van der Waals surface area contributed by atoms with E-state index < -0.39 is 11.4 Å². The summed E-state index contributed by atoms with van der Waals surface area (Å²) in [6.45, 7) is 0. The summed E-state index contributed by atoms with van der Waals surface area (Å²) in [6.07, 6.45) is 3.91. The Bertz CT molecular complexity index is 339. The van der Waals surface area contributed by atoms with E-state index in [-0.39, 0.29) is 0 Å². The van der Waals surface area contributed by atoms with Crippen LogP contribution in [0.1, 0.15) is 18.5 Å². The molecule has 1 aromatic heterocycles. The van der Waals surface area contributed by atoms with Crippen LogP contribution in [0.2, 0.25) is 0 Å². The summed E-state index contributed by atoms with van der Waals surface area (Å²) in [5.41, 5.74) is 0.522. The van der Waals surface area contributed by atoms with Gasteiger partial charge < -0.3 is 5.11 Å². The topological polar surface area (TPSA) is 55.1 Å². The molecule has 1 aliphatic carbocycles. The van der Waals surface area contributed by atoms with Gasteiger partial charge in [0.2, 0.25) is 0 Å². The van der Waals surface area contributed by atoms with Crippen LogP contribution in [0.25, 0.3) is 0 Å². The number of nitrogens with zero attached hydrogens (tertiary/aromatic N) is 2. The van der Waals surface area contributed by atoms with Gasteiger partial charge in [0.05, 0.1) is 5.41 Å². The zero-order chi connectivity index (χ0) is 9.47. The summed E-state index contributed by atoms with van der Waals surface area (Å²) in [7, 11) is 1.84. The second kappa shape index (κ2) is 2.58. The Morgan fingerprint density at radius 1 is 1.77 bits per heavy atom. The van der Waals surface area contributed by atoms with Crippen LogP contribution in [-0.2, 0) is 18.3 Å². The van der Waals surface area contributed by atoms with Crippen molar-refractivity contribution in [3.8, 4) is 0 Å². The average molecular weight is 180 g/mol. The predicted octanol–water partition coefficient (Wildman–Crippen LogP) is 0.827. The van der Waals surface area contributed by atoms with E-state index in [1.54, 1.807) is 10.9 Å². The van der Waals surface area contributed by atoms with Gasteiger partial charge in [-0.15, -0.1) is 0 Å². The highest BCUT2D eigenvalue weighted by molar-refractivity contribution is 5.78. The molecule has 1 N–H and O–H groups in total. The first-order valence-electron chi connectivity index (χ1n) is 4.34. The highest BCUT2D eigenvalue weighted by Gasteiger charge is 2.50. The fraction of sp³-hybridized carbons (Fsp3) is 0.556. The Kier molecular flexibility index (Phi) is 1.65. The first-order chi connectivity index (χ1) is 6.14. The smallest absolute Gasteiger partial charge is 0.310 e. The average Bonchev–Trinajstić information content (AvgIpc) is 2.74. The second-order valence-electron chi connectivity index (χ2n) is 3.71. The van der Waals surface area contributed by atoms with Gasteiger partial charge in [0.1, 0.15) is 0 Å². The van der Waals surface area contributed by atoms with Gasteiger partial charge in [0, 0.05) is 25.4 Å². The van der Waals surface area contributed by atoms with E-state index in [0.29, 0.717) is 6.42 Å². The van der Waals surface area contributed by atoms with Gasteiger partial charge in [-0.1, -0.05) is 0 Å². The Morgan fingerprint density at radius 2 is 2.46 bits per heavy atom. The maximum atomic E-state index is 10.9. The highest BCUT2D eigenvalue weighted by Crippen LogP contribution is 2.48. The van der Waals surface area contributed by atoms with Gasteiger partial charge in [-0.25, -0.2) is 0 Å². The van der Waals surface area contributed by atoms with Crippen LogP contribution in [0.3, 0.4) is 0 Å². The van der Waals surface area contributed by atoms with E-state index in [9.17, 15) is 4.79 Å². The molecule has 0 spiro atoms. The molecule has 4 nitrogen and oxygen atoms in total. The van der Waals surface area contributed by atoms with Crippen molar-refractivity contribution in [1.82, 2.24) is 9.78 Å². The minimum absolute atomic E-state index is 0.478. The number of carboxylic acids is 1. The van der Waals surface area contributed by atoms with Crippen molar-refractivity contribution in [2.45, 2.75) is 19.3 Å². The lowest BCUT2D eigenvalue weighted by Crippen LogP contribution is -2.19. The molecule has 0 saturated heterocycles. The van der Waals surface area contributed by atoms with Gasteiger partial charge in [0.15, 0.2) is 0 Å². The quantitative estimate of drug-likeness (QED) is 0.749. The zero-order valence-corrected chi connectivity index (χ0v) is 7.53. The molecular weight excluding hydrogens is 168 g/mol. The van der Waals surface area contributed by atoms with E-state index in [2.05, 4.69) is 5.10 Å². The molecule has 0 bridgehead atoms. The van der Waals surface area contributed by atoms with Crippen molar-refractivity contribution in [2.75, 3.05) is 0 Å². The van der Waals surface area contributed by atoms with Crippen LogP contribution < -0.4 is 0 Å². The van der Waals surface area contributed by atoms with Crippen LogP contribution in [0.15, 0.2) is 12.3 Å². The summed E-state index contributed by atoms with van der Waals surface area (Å²) in [5, 5.41) is 13.0. The molecular formula is C9H12N2O2. The summed E-state index contributed by atoms with van der Waals surface area (Å²) >= 11 is 0. The second-order valence-corrected chi connectivity index (χ2v) is 3.71. The molecule has 1 aromatic rings. The molecule has 70 valence electrons. The number of hydrogen-bond acceptors (Lipinski definition) is 2. The van der Waals surface area contributed by atoms with E-state index in [1.807, 2.05) is 13.1 Å². The largest absolute Gasteiger partial charge is 0.481 e. The molecule has 2 rings (SSSR count). The normalized spacial score (nSPS) is 18.5. The van der Waals surface area contributed by atoms with Crippen LogP contribution in [0.5, 0.6) is 0 Å². The fourth-order valence-corrected chi connectivity index (χ4v) is 1.54. The van der Waals surface area contributed by atoms with Crippen molar-refractivity contribution < 1.29 is 9.90 Å². The lowest BCUT2D eigenvalue weighted by atomic mass is 10.0. The maximum absolute atomic E-state index is 10.9. The van der Waals surface area contributed by atoms with Crippen molar-refractivity contribution in [3.63, 3.8) is 0 Å². The minimum Gasteiger partial charge on any atom is -0.481 e. The fourth-order valence-electron chi connectivity index (χ4n) is 1.54. The Labute approximate surface area is 76.2 Å². The summed E-state index contributed by atoms with van der Waals surface area (Å²) in [5.74, 6) is -0.672. The SMILES string of the molecule is Cn1nccc1CC1(C(=O)O)CC1. The molecule has 0 aliphatic heterocycles. The minimum atomic E-state index is -0.672. The number of carboxylic acid groups (broad SMARTS) is 1. The van der Waals surface area contributed by atoms with Crippen LogP contribution >= 0.6 is 0 Å². The van der Waals surface area contributed by atoms with E-state index in [4.69, 9.17) is 5.11 Å². The molecule has 0 atom stereocenters. The number of hydrogen-bond donors (Lipinski definition) is 1. The summed E-state index contributed by atoms with van der Waals surface area (Å²) in [4.78, 5) is 10.9. The number of aryl methyl sites for hydroxylation is 1. The van der Waals surface area contributed by atoms with Crippen LogP contribution in [0, 0.1) is 5.41 Å². The molecule has 0 unspecified atom stereocenters. The van der Waals surface area contributed by atoms with E-state index in [1.165, 1.54) is 0 Å².